The number of carbonyl (C=O) groups excluding carboxylic acids is 1. The molecule has 26 heavy (non-hydrogen) atoms. The predicted octanol–water partition coefficient (Wildman–Crippen LogP) is 4.19. The van der Waals surface area contributed by atoms with Crippen LogP contribution in [0.4, 0.5) is 0 Å². The zero-order valence-corrected chi connectivity index (χ0v) is 15.9. The van der Waals surface area contributed by atoms with E-state index in [1.165, 1.54) is 0 Å². The fraction of sp³-hybridized carbons (Fsp3) is 0.682. The predicted molar refractivity (Wildman–Crippen MR) is 102 cm³/mol. The second-order valence-corrected chi connectivity index (χ2v) is 10.3. The van der Waals surface area contributed by atoms with Gasteiger partial charge in [-0.05, 0) is 62.3 Å². The third-order valence-corrected chi connectivity index (χ3v) is 8.05. The molecule has 5 aliphatic rings. The van der Waals surface area contributed by atoms with E-state index in [0.29, 0.717) is 18.3 Å². The number of hydrogen-bond donors (Lipinski definition) is 2. The van der Waals surface area contributed by atoms with Crippen molar-refractivity contribution in [2.45, 2.75) is 67.9 Å². The zero-order chi connectivity index (χ0) is 17.9. The first-order valence-corrected chi connectivity index (χ1v) is 10.6. The second-order valence-electron chi connectivity index (χ2n) is 9.46. The Labute approximate surface area is 160 Å². The molecule has 1 amide bonds. The number of nitrogens with one attached hydrogen (secondary N) is 1. The Kier molecular flexibility index (Phi) is 3.92. The summed E-state index contributed by atoms with van der Waals surface area (Å²) in [6.07, 6.45) is 7.82. The van der Waals surface area contributed by atoms with Crippen molar-refractivity contribution in [1.82, 2.24) is 5.32 Å². The van der Waals surface area contributed by atoms with Gasteiger partial charge in [-0.3, -0.25) is 4.79 Å². The monoisotopic (exact) mass is 373 g/mol. The van der Waals surface area contributed by atoms with Crippen LogP contribution < -0.4 is 5.32 Å². The average Bonchev–Trinajstić information content (AvgIpc) is 2.50. The van der Waals surface area contributed by atoms with Gasteiger partial charge in [0.1, 0.15) is 0 Å². The highest BCUT2D eigenvalue weighted by molar-refractivity contribution is 6.24. The third-order valence-electron chi connectivity index (χ3n) is 7.60. The number of carbonyl (C=O) groups is 1. The molecule has 1 aromatic rings. The molecule has 6 rings (SSSR count). The first-order valence-electron chi connectivity index (χ1n) is 10.2. The van der Waals surface area contributed by atoms with Crippen LogP contribution >= 0.6 is 11.6 Å². The van der Waals surface area contributed by atoms with Gasteiger partial charge in [0, 0.05) is 16.7 Å². The topological polar surface area (TPSA) is 49.3 Å². The number of alkyl halides is 1. The number of halogens is 1. The van der Waals surface area contributed by atoms with Gasteiger partial charge >= 0.3 is 0 Å². The number of hydrogen-bond acceptors (Lipinski definition) is 2. The highest BCUT2D eigenvalue weighted by atomic mass is 35.5. The average molecular weight is 374 g/mol. The maximum Gasteiger partial charge on any atom is 0.223 e. The van der Waals surface area contributed by atoms with E-state index in [9.17, 15) is 9.90 Å². The molecule has 4 heteroatoms. The van der Waals surface area contributed by atoms with E-state index in [-0.39, 0.29) is 28.7 Å². The fourth-order valence-electron chi connectivity index (χ4n) is 6.62. The van der Waals surface area contributed by atoms with E-state index in [1.807, 2.05) is 18.2 Å². The smallest absolute Gasteiger partial charge is 0.223 e. The second kappa shape index (κ2) is 5.97. The SMILES string of the molecule is O=C(NC(c1ccccc1)[C@H]1[C@H]2C[C@@H]3C[C@](Cl)(C2)C[C@@]1(O)C3)C1CCC1. The zero-order valence-electron chi connectivity index (χ0n) is 15.2. The van der Waals surface area contributed by atoms with Gasteiger partial charge < -0.3 is 10.4 Å². The minimum absolute atomic E-state index is 0.0670. The molecule has 4 bridgehead atoms. The summed E-state index contributed by atoms with van der Waals surface area (Å²) in [5.74, 6) is 1.33. The number of amides is 1. The molecule has 0 heterocycles. The van der Waals surface area contributed by atoms with Gasteiger partial charge in [-0.15, -0.1) is 11.6 Å². The summed E-state index contributed by atoms with van der Waals surface area (Å²) in [6.45, 7) is 0. The highest BCUT2D eigenvalue weighted by Gasteiger charge is 2.63. The van der Waals surface area contributed by atoms with Crippen LogP contribution in [-0.2, 0) is 4.79 Å². The molecule has 0 aromatic heterocycles. The standard InChI is InChI=1S/C22H28ClNO2/c23-21-10-14-9-17(12-21)18(22(26,11-14)13-21)19(15-5-2-1-3-6-15)24-20(25)16-7-4-8-16/h1-3,5-6,14,16-19,26H,4,7-13H2,(H,24,25)/t14-,17+,18-,19?,21+,22+/m1/s1. The summed E-state index contributed by atoms with van der Waals surface area (Å²) in [7, 11) is 0. The van der Waals surface area contributed by atoms with Crippen LogP contribution in [0.15, 0.2) is 30.3 Å². The van der Waals surface area contributed by atoms with Crippen molar-refractivity contribution in [1.29, 1.82) is 0 Å². The summed E-state index contributed by atoms with van der Waals surface area (Å²) in [6, 6.07) is 10.1. The van der Waals surface area contributed by atoms with Crippen LogP contribution in [-0.4, -0.2) is 21.5 Å². The van der Waals surface area contributed by atoms with Crippen LogP contribution in [0.25, 0.3) is 0 Å². The van der Waals surface area contributed by atoms with E-state index < -0.39 is 5.60 Å². The van der Waals surface area contributed by atoms with Crippen molar-refractivity contribution in [3.8, 4) is 0 Å². The highest BCUT2D eigenvalue weighted by Crippen LogP contribution is 2.64. The Balaban J connectivity index is 1.49. The van der Waals surface area contributed by atoms with Gasteiger partial charge in [-0.1, -0.05) is 36.8 Å². The van der Waals surface area contributed by atoms with Gasteiger partial charge in [0.05, 0.1) is 11.6 Å². The van der Waals surface area contributed by atoms with E-state index in [4.69, 9.17) is 11.6 Å². The molecule has 0 aliphatic heterocycles. The van der Waals surface area contributed by atoms with E-state index in [0.717, 1.165) is 50.5 Å². The lowest BCUT2D eigenvalue weighted by Crippen LogP contribution is -2.65. The lowest BCUT2D eigenvalue weighted by atomic mass is 9.47. The maximum absolute atomic E-state index is 12.8. The van der Waals surface area contributed by atoms with Crippen LogP contribution in [0.2, 0.25) is 0 Å². The molecule has 5 aliphatic carbocycles. The molecule has 5 saturated carbocycles. The van der Waals surface area contributed by atoms with Gasteiger partial charge in [-0.25, -0.2) is 0 Å². The molecule has 2 N–H and O–H groups in total. The molecule has 1 aromatic carbocycles. The Hall–Kier alpha value is -1.06. The maximum atomic E-state index is 12.8. The first kappa shape index (κ1) is 17.1. The van der Waals surface area contributed by atoms with Crippen molar-refractivity contribution in [2.24, 2.45) is 23.7 Å². The Morgan fingerprint density at radius 3 is 2.58 bits per heavy atom. The van der Waals surface area contributed by atoms with Crippen molar-refractivity contribution in [2.75, 3.05) is 0 Å². The van der Waals surface area contributed by atoms with Crippen LogP contribution in [0.5, 0.6) is 0 Å². The largest absolute Gasteiger partial charge is 0.389 e. The summed E-state index contributed by atoms with van der Waals surface area (Å²) in [5, 5.41) is 15.0. The van der Waals surface area contributed by atoms with Crippen molar-refractivity contribution >= 4 is 17.5 Å². The number of benzene rings is 1. The fourth-order valence-corrected chi connectivity index (χ4v) is 7.26. The minimum atomic E-state index is -0.751. The van der Waals surface area contributed by atoms with Crippen molar-refractivity contribution in [3.05, 3.63) is 35.9 Å². The molecule has 5 fully saturated rings. The Morgan fingerprint density at radius 2 is 1.96 bits per heavy atom. The third kappa shape index (κ3) is 2.70. The van der Waals surface area contributed by atoms with Gasteiger partial charge in [0.15, 0.2) is 0 Å². The van der Waals surface area contributed by atoms with Crippen LogP contribution in [0.1, 0.15) is 63.0 Å². The van der Waals surface area contributed by atoms with E-state index >= 15 is 0 Å². The number of rotatable bonds is 4. The summed E-state index contributed by atoms with van der Waals surface area (Å²) < 4.78 is 0. The molecule has 6 atom stereocenters. The Morgan fingerprint density at radius 1 is 1.19 bits per heavy atom. The molecule has 0 spiro atoms. The summed E-state index contributed by atoms with van der Waals surface area (Å²) >= 11 is 6.88. The van der Waals surface area contributed by atoms with Gasteiger partial charge in [0.25, 0.3) is 0 Å². The molecule has 1 unspecified atom stereocenters. The molecule has 0 saturated heterocycles. The van der Waals surface area contributed by atoms with Crippen molar-refractivity contribution < 1.29 is 9.90 Å². The van der Waals surface area contributed by atoms with Crippen LogP contribution in [0, 0.1) is 23.7 Å². The van der Waals surface area contributed by atoms with Gasteiger partial charge in [-0.2, -0.15) is 0 Å². The first-order chi connectivity index (χ1) is 12.5. The molecule has 3 nitrogen and oxygen atoms in total. The van der Waals surface area contributed by atoms with Crippen molar-refractivity contribution in [3.63, 3.8) is 0 Å². The van der Waals surface area contributed by atoms with E-state index in [2.05, 4.69) is 17.4 Å². The quantitative estimate of drug-likeness (QED) is 0.777. The van der Waals surface area contributed by atoms with E-state index in [1.54, 1.807) is 0 Å². The number of aliphatic hydroxyl groups is 1. The van der Waals surface area contributed by atoms with Crippen LogP contribution in [0.3, 0.4) is 0 Å². The summed E-state index contributed by atoms with van der Waals surface area (Å²) in [5.41, 5.74) is 0.369. The lowest BCUT2D eigenvalue weighted by molar-refractivity contribution is -0.175. The molecular formula is C22H28ClNO2. The summed E-state index contributed by atoms with van der Waals surface area (Å²) in [4.78, 5) is 12.6. The normalized spacial score (nSPS) is 42.3. The minimum Gasteiger partial charge on any atom is -0.389 e. The Bertz CT molecular complexity index is 705. The van der Waals surface area contributed by atoms with Gasteiger partial charge in [0.2, 0.25) is 5.91 Å². The molecule has 140 valence electrons. The molecular weight excluding hydrogens is 346 g/mol. The lowest BCUT2D eigenvalue weighted by Gasteiger charge is -2.63. The molecule has 0 radical (unpaired) electrons.